The van der Waals surface area contributed by atoms with E-state index in [1.165, 1.54) is 0 Å². The van der Waals surface area contributed by atoms with Crippen molar-refractivity contribution in [2.24, 2.45) is 0 Å². The molecule has 0 bridgehead atoms. The summed E-state index contributed by atoms with van der Waals surface area (Å²) in [5.41, 5.74) is 2.92. The second kappa shape index (κ2) is 8.97. The lowest BCUT2D eigenvalue weighted by atomic mass is 10.2. The normalized spacial score (nSPS) is 10.3. The number of para-hydroxylation sites is 1. The van der Waals surface area contributed by atoms with E-state index in [1.807, 2.05) is 31.2 Å². The number of carbonyl (C=O) groups is 2. The van der Waals surface area contributed by atoms with Gasteiger partial charge in [-0.05, 0) is 45.0 Å². The van der Waals surface area contributed by atoms with E-state index in [4.69, 9.17) is 4.74 Å². The van der Waals surface area contributed by atoms with E-state index in [0.29, 0.717) is 28.6 Å². The fraction of sp³-hybridized carbons (Fsp3) is 0.182. The molecule has 1 amide bonds. The van der Waals surface area contributed by atoms with E-state index in [1.54, 1.807) is 44.2 Å². The van der Waals surface area contributed by atoms with Gasteiger partial charge in [-0.25, -0.2) is 14.8 Å². The molecule has 0 aliphatic rings. The monoisotopic (exact) mass is 390 g/mol. The smallest absolute Gasteiger partial charge is 0.340 e. The first-order valence-corrected chi connectivity index (χ1v) is 9.23. The van der Waals surface area contributed by atoms with Crippen LogP contribution >= 0.6 is 0 Å². The Bertz CT molecular complexity index is 1030. The minimum absolute atomic E-state index is 0.217. The number of nitrogens with one attached hydrogen (secondary N) is 2. The van der Waals surface area contributed by atoms with Gasteiger partial charge in [-0.1, -0.05) is 29.8 Å². The van der Waals surface area contributed by atoms with Crippen molar-refractivity contribution in [3.63, 3.8) is 0 Å². The molecule has 0 fully saturated rings. The molecular formula is C22H22N4O3. The molecule has 0 aliphatic heterocycles. The molecule has 0 spiro atoms. The number of aromatic nitrogens is 2. The van der Waals surface area contributed by atoms with Crippen LogP contribution in [0.5, 0.6) is 0 Å². The molecule has 0 radical (unpaired) electrons. The van der Waals surface area contributed by atoms with Gasteiger partial charge in [-0.3, -0.25) is 4.79 Å². The maximum atomic E-state index is 12.6. The van der Waals surface area contributed by atoms with Gasteiger partial charge in [0.25, 0.3) is 5.91 Å². The van der Waals surface area contributed by atoms with Crippen LogP contribution < -0.4 is 10.6 Å². The summed E-state index contributed by atoms with van der Waals surface area (Å²) >= 11 is 0. The third kappa shape index (κ3) is 5.16. The number of hydrogen-bond donors (Lipinski definition) is 2. The van der Waals surface area contributed by atoms with E-state index in [2.05, 4.69) is 20.6 Å². The van der Waals surface area contributed by atoms with Crippen molar-refractivity contribution < 1.29 is 14.3 Å². The number of carbonyl (C=O) groups excluding carboxylic acids is 2. The van der Waals surface area contributed by atoms with Gasteiger partial charge in [-0.15, -0.1) is 0 Å². The van der Waals surface area contributed by atoms with E-state index >= 15 is 0 Å². The largest absolute Gasteiger partial charge is 0.462 e. The maximum absolute atomic E-state index is 12.6. The second-order valence-electron chi connectivity index (χ2n) is 6.40. The van der Waals surface area contributed by atoms with Crippen LogP contribution in [-0.4, -0.2) is 28.5 Å². The summed E-state index contributed by atoms with van der Waals surface area (Å²) in [7, 11) is 0. The minimum atomic E-state index is -0.432. The summed E-state index contributed by atoms with van der Waals surface area (Å²) in [6, 6.07) is 16.0. The highest BCUT2D eigenvalue weighted by Gasteiger charge is 2.15. The summed E-state index contributed by atoms with van der Waals surface area (Å²) in [6.45, 7) is 5.71. The van der Waals surface area contributed by atoms with Gasteiger partial charge < -0.3 is 15.4 Å². The molecule has 3 rings (SSSR count). The van der Waals surface area contributed by atoms with Crippen LogP contribution in [-0.2, 0) is 4.74 Å². The van der Waals surface area contributed by atoms with Gasteiger partial charge >= 0.3 is 5.97 Å². The molecule has 0 unspecified atom stereocenters. The lowest BCUT2D eigenvalue weighted by molar-refractivity contribution is 0.0527. The molecule has 0 aliphatic carbocycles. The zero-order chi connectivity index (χ0) is 20.8. The number of aryl methyl sites for hydroxylation is 2. The zero-order valence-corrected chi connectivity index (χ0v) is 16.5. The SMILES string of the molecule is CCOC(=O)c1ccccc1Nc1cc(C(=O)Nc2ccc(C)cc2)nc(C)n1. The molecule has 7 nitrogen and oxygen atoms in total. The lowest BCUT2D eigenvalue weighted by Gasteiger charge is -2.12. The third-order valence-electron chi connectivity index (χ3n) is 4.07. The Labute approximate surface area is 169 Å². The molecule has 0 saturated carbocycles. The fourth-order valence-electron chi connectivity index (χ4n) is 2.70. The van der Waals surface area contributed by atoms with Crippen LogP contribution in [0.25, 0.3) is 0 Å². The van der Waals surface area contributed by atoms with Crippen molar-refractivity contribution >= 4 is 29.1 Å². The molecule has 0 atom stereocenters. The molecule has 1 aromatic heterocycles. The summed E-state index contributed by atoms with van der Waals surface area (Å²) in [5.74, 6) is 0.0563. The van der Waals surface area contributed by atoms with Gasteiger partial charge in [0.05, 0.1) is 17.9 Å². The number of benzene rings is 2. The molecule has 3 aromatic rings. The Hall–Kier alpha value is -3.74. The van der Waals surface area contributed by atoms with Crippen LogP contribution in [0.15, 0.2) is 54.6 Å². The van der Waals surface area contributed by atoms with Gasteiger partial charge in [0.1, 0.15) is 17.3 Å². The van der Waals surface area contributed by atoms with Crippen molar-refractivity contribution in [2.75, 3.05) is 17.2 Å². The summed E-state index contributed by atoms with van der Waals surface area (Å²) in [4.78, 5) is 33.3. The molecule has 2 aromatic carbocycles. The Balaban J connectivity index is 1.84. The molecule has 2 N–H and O–H groups in total. The second-order valence-corrected chi connectivity index (χ2v) is 6.40. The number of hydrogen-bond acceptors (Lipinski definition) is 6. The number of esters is 1. The maximum Gasteiger partial charge on any atom is 0.340 e. The van der Waals surface area contributed by atoms with Gasteiger partial charge in [-0.2, -0.15) is 0 Å². The Morgan fingerprint density at radius 1 is 1.00 bits per heavy atom. The van der Waals surface area contributed by atoms with Crippen molar-refractivity contribution in [2.45, 2.75) is 20.8 Å². The quantitative estimate of drug-likeness (QED) is 0.611. The highest BCUT2D eigenvalue weighted by atomic mass is 16.5. The Kier molecular flexibility index (Phi) is 6.19. The molecule has 148 valence electrons. The first kappa shape index (κ1) is 20.0. The van der Waals surface area contributed by atoms with Gasteiger partial charge in [0.2, 0.25) is 0 Å². The number of amides is 1. The topological polar surface area (TPSA) is 93.2 Å². The summed E-state index contributed by atoms with van der Waals surface area (Å²) in [6.07, 6.45) is 0. The molecule has 0 saturated heterocycles. The van der Waals surface area contributed by atoms with Crippen LogP contribution in [0.3, 0.4) is 0 Å². The summed E-state index contributed by atoms with van der Waals surface area (Å²) in [5, 5.41) is 5.91. The molecule has 7 heteroatoms. The number of rotatable bonds is 6. The Morgan fingerprint density at radius 3 is 2.45 bits per heavy atom. The highest BCUT2D eigenvalue weighted by Crippen LogP contribution is 2.21. The van der Waals surface area contributed by atoms with E-state index in [0.717, 1.165) is 5.56 Å². The van der Waals surface area contributed by atoms with E-state index in [-0.39, 0.29) is 18.2 Å². The van der Waals surface area contributed by atoms with Crippen LogP contribution in [0, 0.1) is 13.8 Å². The first-order valence-electron chi connectivity index (χ1n) is 9.23. The van der Waals surface area contributed by atoms with Crippen molar-refractivity contribution in [1.29, 1.82) is 0 Å². The Morgan fingerprint density at radius 2 is 1.72 bits per heavy atom. The standard InChI is InChI=1S/C22H22N4O3/c1-4-29-22(28)17-7-5-6-8-18(17)26-20-13-19(23-15(3)24-20)21(27)25-16-11-9-14(2)10-12-16/h5-13H,4H2,1-3H3,(H,25,27)(H,23,24,26). The van der Waals surface area contributed by atoms with Crippen molar-refractivity contribution in [3.8, 4) is 0 Å². The predicted octanol–water partition coefficient (Wildman–Crippen LogP) is 4.27. The predicted molar refractivity (Wildman–Crippen MR) is 112 cm³/mol. The molecule has 29 heavy (non-hydrogen) atoms. The van der Waals surface area contributed by atoms with Crippen LogP contribution in [0.2, 0.25) is 0 Å². The third-order valence-corrected chi connectivity index (χ3v) is 4.07. The minimum Gasteiger partial charge on any atom is -0.462 e. The first-order chi connectivity index (χ1) is 14.0. The van der Waals surface area contributed by atoms with Crippen LogP contribution in [0.4, 0.5) is 17.2 Å². The van der Waals surface area contributed by atoms with Crippen molar-refractivity contribution in [1.82, 2.24) is 9.97 Å². The summed E-state index contributed by atoms with van der Waals surface area (Å²) < 4.78 is 5.09. The van der Waals surface area contributed by atoms with E-state index < -0.39 is 5.97 Å². The van der Waals surface area contributed by atoms with Gasteiger partial charge in [0, 0.05) is 11.8 Å². The lowest BCUT2D eigenvalue weighted by Crippen LogP contribution is -2.15. The number of nitrogens with zero attached hydrogens (tertiary/aromatic N) is 2. The molecule has 1 heterocycles. The molecular weight excluding hydrogens is 368 g/mol. The average molecular weight is 390 g/mol. The number of ether oxygens (including phenoxy) is 1. The number of anilines is 3. The highest BCUT2D eigenvalue weighted by molar-refractivity contribution is 6.03. The van der Waals surface area contributed by atoms with Crippen LogP contribution in [0.1, 0.15) is 39.2 Å². The fourth-order valence-corrected chi connectivity index (χ4v) is 2.70. The van der Waals surface area contributed by atoms with Gasteiger partial charge in [0.15, 0.2) is 0 Å². The average Bonchev–Trinajstić information content (AvgIpc) is 2.70. The zero-order valence-electron chi connectivity index (χ0n) is 16.5. The van der Waals surface area contributed by atoms with Crippen molar-refractivity contribution in [3.05, 3.63) is 77.2 Å². The van der Waals surface area contributed by atoms with E-state index in [9.17, 15) is 9.59 Å².